The predicted octanol–water partition coefficient (Wildman–Crippen LogP) is 2.49. The number of nitrogens with zero attached hydrogens (tertiary/aromatic N) is 1. The number of hydrogen-bond acceptors (Lipinski definition) is 2. The summed E-state index contributed by atoms with van der Waals surface area (Å²) in [5.74, 6) is 0.242. The van der Waals surface area contributed by atoms with E-state index in [1.807, 2.05) is 11.8 Å². The summed E-state index contributed by atoms with van der Waals surface area (Å²) in [7, 11) is 0. The van der Waals surface area contributed by atoms with Gasteiger partial charge in [0.15, 0.2) is 0 Å². The fraction of sp³-hybridized carbons (Fsp3) is 0.562. The lowest BCUT2D eigenvalue weighted by molar-refractivity contribution is -0.133. The zero-order valence-electron chi connectivity index (χ0n) is 12.0. The maximum absolute atomic E-state index is 12.2. The van der Waals surface area contributed by atoms with E-state index in [2.05, 4.69) is 36.5 Å². The van der Waals surface area contributed by atoms with E-state index in [-0.39, 0.29) is 11.9 Å². The average Bonchev–Trinajstić information content (AvgIpc) is 2.46. The molecule has 2 rings (SSSR count). The summed E-state index contributed by atoms with van der Waals surface area (Å²) in [4.78, 5) is 14.2. The maximum Gasteiger partial charge on any atom is 0.239 e. The molecule has 1 fully saturated rings. The van der Waals surface area contributed by atoms with Crippen LogP contribution in [0.5, 0.6) is 0 Å². The molecule has 104 valence electrons. The molecule has 1 aromatic rings. The van der Waals surface area contributed by atoms with Gasteiger partial charge in [0.25, 0.3) is 0 Å². The van der Waals surface area contributed by atoms with Crippen molar-refractivity contribution in [2.75, 3.05) is 13.1 Å². The minimum atomic E-state index is -0.0978. The number of rotatable bonds is 4. The fourth-order valence-corrected chi connectivity index (χ4v) is 2.45. The lowest BCUT2D eigenvalue weighted by Gasteiger charge is -2.29. The monoisotopic (exact) mass is 260 g/mol. The van der Waals surface area contributed by atoms with Crippen molar-refractivity contribution >= 4 is 5.91 Å². The Morgan fingerprint density at radius 2 is 1.84 bits per heavy atom. The second kappa shape index (κ2) is 6.71. The summed E-state index contributed by atoms with van der Waals surface area (Å²) < 4.78 is 0. The van der Waals surface area contributed by atoms with E-state index in [9.17, 15) is 4.79 Å². The van der Waals surface area contributed by atoms with Crippen LogP contribution in [0.3, 0.4) is 0 Å². The van der Waals surface area contributed by atoms with E-state index in [0.717, 1.165) is 32.5 Å². The standard InChI is InChI=1S/C16H24N2O/c1-13-6-8-15(9-7-13)12-17-14(2)16(19)18-10-4-3-5-11-18/h6-9,14,17H,3-5,10-12H2,1-2H3. The summed E-state index contributed by atoms with van der Waals surface area (Å²) >= 11 is 0. The smallest absolute Gasteiger partial charge is 0.239 e. The normalized spacial score (nSPS) is 17.3. The van der Waals surface area contributed by atoms with Crippen molar-refractivity contribution in [3.63, 3.8) is 0 Å². The van der Waals surface area contributed by atoms with Crippen LogP contribution in [0.15, 0.2) is 24.3 Å². The van der Waals surface area contributed by atoms with E-state index in [0.29, 0.717) is 0 Å². The largest absolute Gasteiger partial charge is 0.341 e. The molecule has 1 aliphatic heterocycles. The molecule has 3 heteroatoms. The highest BCUT2D eigenvalue weighted by molar-refractivity contribution is 5.81. The van der Waals surface area contributed by atoms with Crippen LogP contribution in [0.1, 0.15) is 37.3 Å². The maximum atomic E-state index is 12.2. The number of hydrogen-bond donors (Lipinski definition) is 1. The molecular formula is C16H24N2O. The Kier molecular flexibility index (Phi) is 4.97. The van der Waals surface area contributed by atoms with Gasteiger partial charge in [-0.15, -0.1) is 0 Å². The van der Waals surface area contributed by atoms with Crippen molar-refractivity contribution in [3.8, 4) is 0 Å². The van der Waals surface area contributed by atoms with Crippen LogP contribution in [0.2, 0.25) is 0 Å². The SMILES string of the molecule is Cc1ccc(CNC(C)C(=O)N2CCCCC2)cc1. The lowest BCUT2D eigenvalue weighted by atomic mass is 10.1. The Bertz CT molecular complexity index is 407. The third-order valence-electron chi connectivity index (χ3n) is 3.77. The molecular weight excluding hydrogens is 236 g/mol. The second-order valence-corrected chi connectivity index (χ2v) is 5.47. The van der Waals surface area contributed by atoms with Crippen LogP contribution in [-0.4, -0.2) is 29.9 Å². The van der Waals surface area contributed by atoms with Crippen LogP contribution in [0.4, 0.5) is 0 Å². The molecule has 1 aromatic carbocycles. The first kappa shape index (κ1) is 14.1. The third-order valence-corrected chi connectivity index (χ3v) is 3.77. The molecule has 1 amide bonds. The zero-order chi connectivity index (χ0) is 13.7. The van der Waals surface area contributed by atoms with Crippen LogP contribution >= 0.6 is 0 Å². The number of likely N-dealkylation sites (tertiary alicyclic amines) is 1. The Balaban J connectivity index is 1.81. The quantitative estimate of drug-likeness (QED) is 0.902. The topological polar surface area (TPSA) is 32.3 Å². The molecule has 0 spiro atoms. The van der Waals surface area contributed by atoms with Crippen molar-refractivity contribution < 1.29 is 4.79 Å². The number of piperidine rings is 1. The molecule has 1 saturated heterocycles. The van der Waals surface area contributed by atoms with Gasteiger partial charge in [-0.2, -0.15) is 0 Å². The van der Waals surface area contributed by atoms with Gasteiger partial charge in [-0.05, 0) is 38.7 Å². The Hall–Kier alpha value is -1.35. The molecule has 1 heterocycles. The molecule has 1 N–H and O–H groups in total. The van der Waals surface area contributed by atoms with E-state index >= 15 is 0 Å². The van der Waals surface area contributed by atoms with Crippen LogP contribution in [-0.2, 0) is 11.3 Å². The Labute approximate surface area is 116 Å². The third kappa shape index (κ3) is 4.06. The molecule has 19 heavy (non-hydrogen) atoms. The average molecular weight is 260 g/mol. The fourth-order valence-electron chi connectivity index (χ4n) is 2.45. The van der Waals surface area contributed by atoms with Gasteiger partial charge in [0.2, 0.25) is 5.91 Å². The van der Waals surface area contributed by atoms with Crippen molar-refractivity contribution in [1.29, 1.82) is 0 Å². The minimum absolute atomic E-state index is 0.0978. The molecule has 0 saturated carbocycles. The number of carbonyl (C=O) groups is 1. The van der Waals surface area contributed by atoms with E-state index in [1.165, 1.54) is 17.5 Å². The minimum Gasteiger partial charge on any atom is -0.341 e. The highest BCUT2D eigenvalue weighted by atomic mass is 16.2. The molecule has 0 aliphatic carbocycles. The number of carbonyl (C=O) groups excluding carboxylic acids is 1. The number of amides is 1. The van der Waals surface area contributed by atoms with E-state index < -0.39 is 0 Å². The highest BCUT2D eigenvalue weighted by Crippen LogP contribution is 2.10. The van der Waals surface area contributed by atoms with Gasteiger partial charge in [-0.1, -0.05) is 29.8 Å². The van der Waals surface area contributed by atoms with Crippen molar-refractivity contribution in [3.05, 3.63) is 35.4 Å². The van der Waals surface area contributed by atoms with Gasteiger partial charge >= 0.3 is 0 Å². The first-order valence-electron chi connectivity index (χ1n) is 7.24. The van der Waals surface area contributed by atoms with Crippen LogP contribution in [0.25, 0.3) is 0 Å². The molecule has 0 bridgehead atoms. The predicted molar refractivity (Wildman–Crippen MR) is 77.9 cm³/mol. The summed E-state index contributed by atoms with van der Waals surface area (Å²) in [5, 5.41) is 3.32. The first-order chi connectivity index (χ1) is 9.16. The number of nitrogens with one attached hydrogen (secondary N) is 1. The van der Waals surface area contributed by atoms with Crippen molar-refractivity contribution in [2.24, 2.45) is 0 Å². The summed E-state index contributed by atoms with van der Waals surface area (Å²) in [6, 6.07) is 8.34. The Morgan fingerprint density at radius 1 is 1.21 bits per heavy atom. The summed E-state index contributed by atoms with van der Waals surface area (Å²) in [6.07, 6.45) is 3.56. The first-order valence-corrected chi connectivity index (χ1v) is 7.24. The number of aryl methyl sites for hydroxylation is 1. The lowest BCUT2D eigenvalue weighted by Crippen LogP contribution is -2.46. The van der Waals surface area contributed by atoms with Gasteiger partial charge in [0.05, 0.1) is 6.04 Å². The summed E-state index contributed by atoms with van der Waals surface area (Å²) in [6.45, 7) is 6.65. The molecule has 1 aliphatic rings. The molecule has 1 atom stereocenters. The zero-order valence-corrected chi connectivity index (χ0v) is 12.0. The van der Waals surface area contributed by atoms with E-state index in [1.54, 1.807) is 0 Å². The highest BCUT2D eigenvalue weighted by Gasteiger charge is 2.21. The van der Waals surface area contributed by atoms with Crippen molar-refractivity contribution in [1.82, 2.24) is 10.2 Å². The van der Waals surface area contributed by atoms with Gasteiger partial charge in [0.1, 0.15) is 0 Å². The van der Waals surface area contributed by atoms with Gasteiger partial charge < -0.3 is 10.2 Å². The number of benzene rings is 1. The molecule has 3 nitrogen and oxygen atoms in total. The second-order valence-electron chi connectivity index (χ2n) is 5.47. The van der Waals surface area contributed by atoms with Crippen LogP contribution in [0, 0.1) is 6.92 Å². The summed E-state index contributed by atoms with van der Waals surface area (Å²) in [5.41, 5.74) is 2.49. The molecule has 1 unspecified atom stereocenters. The molecule has 0 aromatic heterocycles. The Morgan fingerprint density at radius 3 is 2.47 bits per heavy atom. The van der Waals surface area contributed by atoms with Crippen molar-refractivity contribution in [2.45, 2.75) is 45.7 Å². The van der Waals surface area contributed by atoms with Crippen LogP contribution < -0.4 is 5.32 Å². The van der Waals surface area contributed by atoms with Gasteiger partial charge in [-0.3, -0.25) is 4.79 Å². The van der Waals surface area contributed by atoms with Gasteiger partial charge in [-0.25, -0.2) is 0 Å². The van der Waals surface area contributed by atoms with E-state index in [4.69, 9.17) is 0 Å². The molecule has 0 radical (unpaired) electrons. The van der Waals surface area contributed by atoms with Gasteiger partial charge in [0, 0.05) is 19.6 Å².